The molecule has 2 aromatic heterocycles. The first-order valence-electron chi connectivity index (χ1n) is 7.53. The Morgan fingerprint density at radius 1 is 1.04 bits per heavy atom. The Hall–Kier alpha value is -2.52. The van der Waals surface area contributed by atoms with Gasteiger partial charge in [0.15, 0.2) is 5.82 Å². The van der Waals surface area contributed by atoms with Crippen LogP contribution < -0.4 is 0 Å². The summed E-state index contributed by atoms with van der Waals surface area (Å²) in [7, 11) is 2.02. The van der Waals surface area contributed by atoms with Crippen LogP contribution >= 0.6 is 11.6 Å². The Labute approximate surface area is 139 Å². The molecule has 2 aromatic carbocycles. The molecule has 3 nitrogen and oxygen atoms in total. The summed E-state index contributed by atoms with van der Waals surface area (Å²) in [4.78, 5) is 4.52. The van der Waals surface area contributed by atoms with Gasteiger partial charge in [-0.25, -0.2) is 4.98 Å². The maximum Gasteiger partial charge on any atom is 0.156 e. The number of para-hydroxylation sites is 1. The third kappa shape index (κ3) is 2.53. The number of fused-ring (bicyclic) bond motifs is 1. The predicted molar refractivity (Wildman–Crippen MR) is 94.7 cm³/mol. The van der Waals surface area contributed by atoms with Crippen molar-refractivity contribution in [1.29, 1.82) is 0 Å². The Kier molecular flexibility index (Phi) is 3.43. The second-order valence-corrected chi connectivity index (χ2v) is 6.10. The van der Waals surface area contributed by atoms with Crippen LogP contribution in [0.5, 0.6) is 0 Å². The lowest BCUT2D eigenvalue weighted by Gasteiger charge is -2.11. The zero-order valence-electron chi connectivity index (χ0n) is 12.8. The molecule has 0 aliphatic heterocycles. The van der Waals surface area contributed by atoms with Crippen LogP contribution in [0.15, 0.2) is 67.0 Å². The Morgan fingerprint density at radius 2 is 1.83 bits per heavy atom. The van der Waals surface area contributed by atoms with E-state index in [0.29, 0.717) is 0 Å². The van der Waals surface area contributed by atoms with Crippen LogP contribution in [-0.2, 0) is 13.6 Å². The van der Waals surface area contributed by atoms with Crippen LogP contribution in [0.2, 0.25) is 5.02 Å². The molecule has 0 amide bonds. The normalized spacial score (nSPS) is 11.2. The van der Waals surface area contributed by atoms with Crippen LogP contribution in [0.1, 0.15) is 5.56 Å². The lowest BCUT2D eigenvalue weighted by molar-refractivity contribution is 0.820. The molecule has 0 atom stereocenters. The minimum Gasteiger partial charge on any atom is -0.333 e. The van der Waals surface area contributed by atoms with Crippen molar-refractivity contribution in [3.63, 3.8) is 0 Å². The van der Waals surface area contributed by atoms with Crippen LogP contribution in [0.25, 0.3) is 22.4 Å². The van der Waals surface area contributed by atoms with Crippen molar-refractivity contribution in [2.24, 2.45) is 7.05 Å². The van der Waals surface area contributed by atoms with E-state index in [1.54, 1.807) is 0 Å². The molecule has 0 fully saturated rings. The zero-order chi connectivity index (χ0) is 15.8. The summed E-state index contributed by atoms with van der Waals surface area (Å²) in [5.74, 6) is 0.968. The van der Waals surface area contributed by atoms with E-state index in [-0.39, 0.29) is 0 Å². The standard InChI is InChI=1S/C19H16ClN3/c1-22-11-10-21-19(22)18-12-15-4-2-3-5-17(15)23(18)13-14-6-8-16(20)9-7-14/h2-12H,13H2,1H3. The molecule has 0 saturated heterocycles. The second kappa shape index (κ2) is 5.60. The largest absolute Gasteiger partial charge is 0.333 e. The molecule has 0 radical (unpaired) electrons. The zero-order valence-corrected chi connectivity index (χ0v) is 13.5. The molecule has 0 saturated carbocycles. The van der Waals surface area contributed by atoms with E-state index in [1.165, 1.54) is 16.5 Å². The van der Waals surface area contributed by atoms with Gasteiger partial charge in [0.25, 0.3) is 0 Å². The van der Waals surface area contributed by atoms with Gasteiger partial charge >= 0.3 is 0 Å². The maximum atomic E-state index is 6.00. The van der Waals surface area contributed by atoms with E-state index in [4.69, 9.17) is 11.6 Å². The van der Waals surface area contributed by atoms with Crippen LogP contribution in [0, 0.1) is 0 Å². The smallest absolute Gasteiger partial charge is 0.156 e. The topological polar surface area (TPSA) is 22.8 Å². The van der Waals surface area contributed by atoms with E-state index in [2.05, 4.69) is 52.0 Å². The van der Waals surface area contributed by atoms with E-state index < -0.39 is 0 Å². The molecule has 0 spiro atoms. The highest BCUT2D eigenvalue weighted by molar-refractivity contribution is 6.30. The van der Waals surface area contributed by atoms with Gasteiger partial charge in [-0.05, 0) is 29.8 Å². The number of benzene rings is 2. The summed E-state index contributed by atoms with van der Waals surface area (Å²) in [6.07, 6.45) is 3.80. The van der Waals surface area contributed by atoms with Crippen molar-refractivity contribution in [2.45, 2.75) is 6.54 Å². The Balaban J connectivity index is 1.89. The van der Waals surface area contributed by atoms with Gasteiger partial charge in [-0.2, -0.15) is 0 Å². The van der Waals surface area contributed by atoms with Crippen LogP contribution in [0.3, 0.4) is 0 Å². The van der Waals surface area contributed by atoms with E-state index in [1.807, 2.05) is 36.1 Å². The maximum absolute atomic E-state index is 6.00. The average Bonchev–Trinajstić information content (AvgIpc) is 3.13. The van der Waals surface area contributed by atoms with Crippen molar-refractivity contribution in [3.8, 4) is 11.5 Å². The molecule has 114 valence electrons. The van der Waals surface area contributed by atoms with Gasteiger partial charge in [0.1, 0.15) is 0 Å². The van der Waals surface area contributed by atoms with Gasteiger partial charge in [-0.1, -0.05) is 41.9 Å². The highest BCUT2D eigenvalue weighted by Crippen LogP contribution is 2.28. The summed E-state index contributed by atoms with van der Waals surface area (Å²) < 4.78 is 4.35. The van der Waals surface area contributed by atoms with E-state index >= 15 is 0 Å². The molecule has 2 heterocycles. The minimum absolute atomic E-state index is 0.760. The van der Waals surface area contributed by atoms with Crippen molar-refractivity contribution >= 4 is 22.5 Å². The van der Waals surface area contributed by atoms with Gasteiger partial charge in [-0.3, -0.25) is 0 Å². The molecular formula is C19H16ClN3. The van der Waals surface area contributed by atoms with Crippen molar-refractivity contribution < 1.29 is 0 Å². The Morgan fingerprint density at radius 3 is 2.57 bits per heavy atom. The average molecular weight is 322 g/mol. The third-order valence-electron chi connectivity index (χ3n) is 4.11. The lowest BCUT2D eigenvalue weighted by atomic mass is 10.2. The molecule has 4 heteroatoms. The number of imidazole rings is 1. The number of halogens is 1. The van der Waals surface area contributed by atoms with Gasteiger partial charge in [0.05, 0.1) is 5.69 Å². The molecule has 0 N–H and O–H groups in total. The highest BCUT2D eigenvalue weighted by Gasteiger charge is 2.14. The van der Waals surface area contributed by atoms with Crippen LogP contribution in [-0.4, -0.2) is 14.1 Å². The first-order valence-corrected chi connectivity index (χ1v) is 7.90. The molecule has 0 bridgehead atoms. The SMILES string of the molecule is Cn1ccnc1-c1cc2ccccc2n1Cc1ccc(Cl)cc1. The quantitative estimate of drug-likeness (QED) is 0.534. The van der Waals surface area contributed by atoms with Gasteiger partial charge in [-0.15, -0.1) is 0 Å². The van der Waals surface area contributed by atoms with Crippen molar-refractivity contribution in [1.82, 2.24) is 14.1 Å². The third-order valence-corrected chi connectivity index (χ3v) is 4.37. The van der Waals surface area contributed by atoms with Gasteiger partial charge in [0, 0.05) is 41.9 Å². The van der Waals surface area contributed by atoms with Crippen LogP contribution in [0.4, 0.5) is 0 Å². The number of aryl methyl sites for hydroxylation is 1. The number of nitrogens with zero attached hydrogens (tertiary/aromatic N) is 3. The Bertz CT molecular complexity index is 964. The van der Waals surface area contributed by atoms with Crippen molar-refractivity contribution in [2.75, 3.05) is 0 Å². The predicted octanol–water partition coefficient (Wildman–Crippen LogP) is 4.74. The molecule has 0 aliphatic carbocycles. The van der Waals surface area contributed by atoms with E-state index in [0.717, 1.165) is 23.1 Å². The number of aromatic nitrogens is 3. The second-order valence-electron chi connectivity index (χ2n) is 5.66. The summed E-state index contributed by atoms with van der Waals surface area (Å²) in [6.45, 7) is 0.785. The fourth-order valence-electron chi connectivity index (χ4n) is 2.95. The number of hydrogen-bond acceptors (Lipinski definition) is 1. The highest BCUT2D eigenvalue weighted by atomic mass is 35.5. The molecule has 0 aliphatic rings. The minimum atomic E-state index is 0.760. The van der Waals surface area contributed by atoms with Gasteiger partial charge < -0.3 is 9.13 Å². The monoisotopic (exact) mass is 321 g/mol. The molecule has 4 rings (SSSR count). The number of hydrogen-bond donors (Lipinski definition) is 0. The molecule has 0 unspecified atom stereocenters. The first kappa shape index (κ1) is 14.1. The lowest BCUT2D eigenvalue weighted by Crippen LogP contribution is -2.04. The molecule has 4 aromatic rings. The van der Waals surface area contributed by atoms with Gasteiger partial charge in [0.2, 0.25) is 0 Å². The summed E-state index contributed by atoms with van der Waals surface area (Å²) >= 11 is 6.00. The van der Waals surface area contributed by atoms with Crippen molar-refractivity contribution in [3.05, 3.63) is 77.6 Å². The fraction of sp³-hybridized carbons (Fsp3) is 0.105. The first-order chi connectivity index (χ1) is 11.2. The summed E-state index contributed by atoms with van der Waals surface area (Å²) in [6, 6.07) is 18.6. The molecule has 23 heavy (non-hydrogen) atoms. The summed E-state index contributed by atoms with van der Waals surface area (Å²) in [5, 5.41) is 1.98. The fourth-order valence-corrected chi connectivity index (χ4v) is 3.08. The van der Waals surface area contributed by atoms with E-state index in [9.17, 15) is 0 Å². The summed E-state index contributed by atoms with van der Waals surface area (Å²) in [5.41, 5.74) is 3.54. The number of rotatable bonds is 3. The molecular weight excluding hydrogens is 306 g/mol.